The van der Waals surface area contributed by atoms with Gasteiger partial charge in [0.2, 0.25) is 0 Å². The molecule has 2 bridgehead atoms. The highest BCUT2D eigenvalue weighted by atomic mass is 32.3. The molecule has 3 rings (SSSR count). The number of hydrogen-bond acceptors (Lipinski definition) is 8. The van der Waals surface area contributed by atoms with Crippen molar-refractivity contribution in [2.24, 2.45) is 5.73 Å². The summed E-state index contributed by atoms with van der Waals surface area (Å²) in [6.45, 7) is -0.114. The van der Waals surface area contributed by atoms with Crippen LogP contribution in [0.3, 0.4) is 0 Å². The van der Waals surface area contributed by atoms with Gasteiger partial charge in [-0.3, -0.25) is 15.3 Å². The summed E-state index contributed by atoms with van der Waals surface area (Å²) >= 11 is 0. The van der Waals surface area contributed by atoms with Gasteiger partial charge in [0.05, 0.1) is 18.3 Å². The molecule has 0 radical (unpaired) electrons. The van der Waals surface area contributed by atoms with Crippen molar-refractivity contribution in [3.8, 4) is 0 Å². The number of amidine groups is 1. The number of rotatable bonds is 4. The summed E-state index contributed by atoms with van der Waals surface area (Å²) in [6.07, 6.45) is -0.645. The smallest absolute Gasteiger partial charge is 0.418 e. The predicted molar refractivity (Wildman–Crippen MR) is 82.8 cm³/mol. The van der Waals surface area contributed by atoms with Gasteiger partial charge in [-0.25, -0.2) is 14.4 Å². The number of aromatic nitrogens is 2. The Kier molecular flexibility index (Phi) is 4.25. The average molecular weight is 403 g/mol. The first-order chi connectivity index (χ1) is 12.5. The number of nitrogens with one attached hydrogen (secondary N) is 2. The van der Waals surface area contributed by atoms with Crippen molar-refractivity contribution < 1.29 is 36.7 Å². The van der Waals surface area contributed by atoms with Crippen molar-refractivity contribution >= 4 is 34.4 Å². The van der Waals surface area contributed by atoms with Crippen LogP contribution in [0.1, 0.15) is 29.8 Å². The molecule has 1 saturated heterocycles. The van der Waals surface area contributed by atoms with Crippen molar-refractivity contribution in [2.45, 2.75) is 18.5 Å². The molecule has 0 aromatic carbocycles. The zero-order chi connectivity index (χ0) is 20.1. The summed E-state index contributed by atoms with van der Waals surface area (Å²) in [6, 6.07) is -3.94. The van der Waals surface area contributed by atoms with Crippen LogP contribution in [0, 0.1) is 5.41 Å². The lowest BCUT2D eigenvalue weighted by atomic mass is 9.96. The Balaban J connectivity index is 2.02. The number of amides is 4. The van der Waals surface area contributed by atoms with E-state index in [1.165, 1.54) is 6.20 Å². The Morgan fingerprint density at radius 1 is 1.48 bits per heavy atom. The molecule has 4 amide bonds. The lowest BCUT2D eigenvalue weighted by Gasteiger charge is -2.29. The quantitative estimate of drug-likeness (QED) is 0.236. The van der Waals surface area contributed by atoms with Gasteiger partial charge in [-0.05, 0) is 0 Å². The van der Waals surface area contributed by atoms with E-state index in [1.807, 2.05) is 5.32 Å². The number of carbonyl (C=O) groups excluding carboxylic acids is 2. The molecule has 3 heterocycles. The standard InChI is InChI=1S/C11H13N7O8S/c12-7(14-10(20)21)1-5-8-4(2-17(15-8)9(13)19)6-3-16(5)11(22)18(6)26-27(23,24)25/h2,5-6H,1,3H2,(H2,12,14)(H2,13,19)(H,20,21)(H,23,24,25)/t5?,6-/m1/s1. The third-order valence-electron chi connectivity index (χ3n) is 3.97. The largest absolute Gasteiger partial charge is 0.465 e. The molecule has 0 saturated carbocycles. The van der Waals surface area contributed by atoms with E-state index in [9.17, 15) is 22.8 Å². The van der Waals surface area contributed by atoms with Crippen LogP contribution < -0.4 is 11.1 Å². The van der Waals surface area contributed by atoms with Gasteiger partial charge >= 0.3 is 28.6 Å². The highest BCUT2D eigenvalue weighted by Gasteiger charge is 2.52. The van der Waals surface area contributed by atoms with Gasteiger partial charge in [0.25, 0.3) is 0 Å². The maximum absolute atomic E-state index is 12.5. The van der Waals surface area contributed by atoms with Crippen LogP contribution >= 0.6 is 0 Å². The monoisotopic (exact) mass is 403 g/mol. The fraction of sp³-hybridized carbons (Fsp3) is 0.364. The van der Waals surface area contributed by atoms with Gasteiger partial charge in [-0.15, -0.1) is 4.28 Å². The maximum Gasteiger partial charge on any atom is 0.418 e. The number of urea groups is 1. The molecule has 1 aromatic heterocycles. The first kappa shape index (κ1) is 18.5. The summed E-state index contributed by atoms with van der Waals surface area (Å²) in [5.74, 6) is -0.465. The Labute approximate surface area is 150 Å². The van der Waals surface area contributed by atoms with E-state index in [-0.39, 0.29) is 24.2 Å². The second-order valence-electron chi connectivity index (χ2n) is 5.66. The van der Waals surface area contributed by atoms with E-state index in [0.29, 0.717) is 5.06 Å². The first-order valence-corrected chi connectivity index (χ1v) is 8.58. The van der Waals surface area contributed by atoms with Crippen molar-refractivity contribution in [3.63, 3.8) is 0 Å². The molecule has 6 N–H and O–H groups in total. The van der Waals surface area contributed by atoms with Gasteiger partial charge in [0, 0.05) is 18.2 Å². The normalized spacial score (nSPS) is 21.1. The molecular formula is C11H13N7O8S. The number of hydroxylamine groups is 2. The van der Waals surface area contributed by atoms with E-state index in [1.54, 1.807) is 0 Å². The minimum atomic E-state index is -5.02. The predicted octanol–water partition coefficient (Wildman–Crippen LogP) is -0.987. The summed E-state index contributed by atoms with van der Waals surface area (Å²) in [7, 11) is -5.02. The Morgan fingerprint density at radius 2 is 2.15 bits per heavy atom. The number of nitrogens with zero attached hydrogens (tertiary/aromatic N) is 4. The van der Waals surface area contributed by atoms with E-state index < -0.39 is 46.5 Å². The SMILES string of the molecule is N=C(CC1c2nn(C(N)=O)cc2[C@H]2CN1C(=O)N2OS(=O)(=O)O)NC(=O)O. The third-order valence-corrected chi connectivity index (χ3v) is 4.31. The zero-order valence-corrected chi connectivity index (χ0v) is 14.1. The fourth-order valence-electron chi connectivity index (χ4n) is 3.03. The van der Waals surface area contributed by atoms with Gasteiger partial charge < -0.3 is 15.7 Å². The molecule has 146 valence electrons. The van der Waals surface area contributed by atoms with Crippen LogP contribution in [0.15, 0.2) is 6.20 Å². The summed E-state index contributed by atoms with van der Waals surface area (Å²) in [5, 5.41) is 22.6. The topological polar surface area (TPSA) is 221 Å². The summed E-state index contributed by atoms with van der Waals surface area (Å²) < 4.78 is 36.1. The molecule has 0 aliphatic carbocycles. The molecular weight excluding hydrogens is 390 g/mol. The zero-order valence-electron chi connectivity index (χ0n) is 13.3. The van der Waals surface area contributed by atoms with Crippen LogP contribution in [0.4, 0.5) is 14.4 Å². The molecule has 1 fully saturated rings. The van der Waals surface area contributed by atoms with Gasteiger partial charge in [0.1, 0.15) is 11.9 Å². The van der Waals surface area contributed by atoms with Gasteiger partial charge in [0.15, 0.2) is 0 Å². The molecule has 2 atom stereocenters. The number of fused-ring (bicyclic) bond motifs is 4. The second-order valence-corrected chi connectivity index (χ2v) is 6.66. The van der Waals surface area contributed by atoms with Crippen LogP contribution in [0.2, 0.25) is 0 Å². The Hall–Kier alpha value is -3.24. The third kappa shape index (κ3) is 3.39. The van der Waals surface area contributed by atoms with Crippen LogP contribution in [-0.2, 0) is 14.7 Å². The lowest BCUT2D eigenvalue weighted by Crippen LogP contribution is -2.39. The maximum atomic E-state index is 12.5. The summed E-state index contributed by atoms with van der Waals surface area (Å²) in [5.41, 5.74) is 5.48. The van der Waals surface area contributed by atoms with E-state index in [4.69, 9.17) is 20.8 Å². The molecule has 2 aliphatic heterocycles. The van der Waals surface area contributed by atoms with Crippen molar-refractivity contribution in [3.05, 3.63) is 17.5 Å². The molecule has 27 heavy (non-hydrogen) atoms. The minimum Gasteiger partial charge on any atom is -0.465 e. The summed E-state index contributed by atoms with van der Waals surface area (Å²) in [4.78, 5) is 35.6. The van der Waals surface area contributed by atoms with E-state index in [0.717, 1.165) is 9.58 Å². The van der Waals surface area contributed by atoms with Crippen LogP contribution in [0.5, 0.6) is 0 Å². The van der Waals surface area contributed by atoms with Gasteiger partial charge in [-0.1, -0.05) is 0 Å². The molecule has 16 heteroatoms. The number of nitrogens with two attached hydrogens (primary N) is 1. The van der Waals surface area contributed by atoms with E-state index in [2.05, 4.69) is 9.38 Å². The van der Waals surface area contributed by atoms with Gasteiger partial charge in [-0.2, -0.15) is 23.3 Å². The molecule has 0 spiro atoms. The lowest BCUT2D eigenvalue weighted by molar-refractivity contribution is -0.0317. The second kappa shape index (κ2) is 6.18. The minimum absolute atomic E-state index is 0.108. The Bertz CT molecular complexity index is 956. The molecule has 1 unspecified atom stereocenters. The van der Waals surface area contributed by atoms with Crippen LogP contribution in [-0.4, -0.2) is 68.4 Å². The molecule has 1 aromatic rings. The Morgan fingerprint density at radius 3 is 2.70 bits per heavy atom. The molecule has 15 nitrogen and oxygen atoms in total. The number of carboxylic acid groups (broad SMARTS) is 1. The highest BCUT2D eigenvalue weighted by Crippen LogP contribution is 2.44. The highest BCUT2D eigenvalue weighted by molar-refractivity contribution is 7.80. The van der Waals surface area contributed by atoms with Crippen molar-refractivity contribution in [2.75, 3.05) is 6.54 Å². The average Bonchev–Trinajstić information content (AvgIpc) is 3.06. The number of carbonyl (C=O) groups is 3. The van der Waals surface area contributed by atoms with E-state index >= 15 is 0 Å². The first-order valence-electron chi connectivity index (χ1n) is 7.21. The number of hydrogen-bond donors (Lipinski definition) is 5. The van der Waals surface area contributed by atoms with Crippen molar-refractivity contribution in [1.29, 1.82) is 5.41 Å². The fourth-order valence-corrected chi connectivity index (χ4v) is 3.40. The van der Waals surface area contributed by atoms with Crippen LogP contribution in [0.25, 0.3) is 0 Å². The number of primary amides is 1. The molecule has 2 aliphatic rings. The van der Waals surface area contributed by atoms with Crippen molar-refractivity contribution in [1.82, 2.24) is 25.1 Å².